The van der Waals surface area contributed by atoms with Crippen LogP contribution in [0.15, 0.2) is 42.5 Å². The first-order valence-electron chi connectivity index (χ1n) is 30.0. The van der Waals surface area contributed by atoms with E-state index >= 15 is 0 Å². The van der Waals surface area contributed by atoms with Crippen LogP contribution in [0.3, 0.4) is 0 Å². The number of nitro groups is 1. The third-order valence-corrected chi connectivity index (χ3v) is 16.2. The molecule has 0 aromatic heterocycles. The number of nitrogen functional groups attached to an aromatic ring is 1. The Kier molecular flexibility index (Phi) is 32.7. The minimum Gasteiger partial charge on any atom is -0.502 e. The molecule has 0 spiro atoms. The Bertz CT molecular complexity index is 3180. The fourth-order valence-corrected chi connectivity index (χ4v) is 10.3. The number of carbonyl (C=O) groups excluding carboxylic acids is 12. The molecule has 1 aliphatic rings. The summed E-state index contributed by atoms with van der Waals surface area (Å²) in [4.78, 5) is 199. The van der Waals surface area contributed by atoms with Crippen molar-refractivity contribution in [2.24, 2.45) is 17.6 Å². The molecule has 3 rings (SSSR count). The number of carboxylic acids is 2. The Morgan fingerprint density at radius 1 is 0.667 bits per heavy atom. The molecule has 1 heterocycles. The number of aliphatic hydroxyl groups excluding tert-OH is 3. The molecule has 0 saturated carbocycles. The molecule has 96 heavy (non-hydrogen) atoms. The maximum Gasteiger partial charge on any atom is 0.310 e. The molecular formula is C58H84N14O22S2. The van der Waals surface area contributed by atoms with Crippen LogP contribution in [0.4, 0.5) is 11.4 Å². The number of benzene rings is 2. The van der Waals surface area contributed by atoms with E-state index in [9.17, 15) is 108 Å². The highest BCUT2D eigenvalue weighted by molar-refractivity contribution is 7.98. The monoisotopic (exact) mass is 1390 g/mol. The quantitative estimate of drug-likeness (QED) is 0.0129. The molecule has 12 amide bonds. The van der Waals surface area contributed by atoms with E-state index in [2.05, 4.69) is 65.8 Å². The molecule has 1 fully saturated rings. The van der Waals surface area contributed by atoms with Crippen LogP contribution in [0, 0.1) is 22.0 Å². The van der Waals surface area contributed by atoms with Crippen LogP contribution in [0.2, 0.25) is 0 Å². The number of thiol groups is 1. The van der Waals surface area contributed by atoms with Gasteiger partial charge in [-0.05, 0) is 73.8 Å². The lowest BCUT2D eigenvalue weighted by Gasteiger charge is -2.33. The number of likely N-dealkylation sites (tertiary alicyclic amines) is 1. The summed E-state index contributed by atoms with van der Waals surface area (Å²) in [6, 6.07) is -9.68. The van der Waals surface area contributed by atoms with Crippen molar-refractivity contribution in [1.29, 1.82) is 0 Å². The molecule has 0 aliphatic carbocycles. The van der Waals surface area contributed by atoms with E-state index in [0.29, 0.717) is 0 Å². The zero-order valence-electron chi connectivity index (χ0n) is 53.2. The summed E-state index contributed by atoms with van der Waals surface area (Å²) in [5, 5.41) is 94.7. The third-order valence-electron chi connectivity index (χ3n) is 15.2. The van der Waals surface area contributed by atoms with E-state index in [1.807, 2.05) is 0 Å². The number of aromatic hydroxyl groups is 1. The van der Waals surface area contributed by atoms with Crippen LogP contribution in [0.1, 0.15) is 89.1 Å². The molecule has 2 aromatic carbocycles. The predicted octanol–water partition coefficient (Wildman–Crippen LogP) is -5.24. The molecule has 38 heteroatoms. The van der Waals surface area contributed by atoms with Gasteiger partial charge < -0.3 is 100 Å². The molecule has 530 valence electrons. The summed E-state index contributed by atoms with van der Waals surface area (Å²) in [6.45, 7) is 5.17. The number of anilines is 1. The highest BCUT2D eigenvalue weighted by atomic mass is 32.2. The van der Waals surface area contributed by atoms with Crippen molar-refractivity contribution in [3.63, 3.8) is 0 Å². The first kappa shape index (κ1) is 80.8. The van der Waals surface area contributed by atoms with E-state index in [0.717, 1.165) is 24.0 Å². The molecule has 36 nitrogen and oxygen atoms in total. The van der Waals surface area contributed by atoms with Crippen LogP contribution in [-0.2, 0) is 68.7 Å². The van der Waals surface area contributed by atoms with Gasteiger partial charge in [-0.3, -0.25) is 77.2 Å². The van der Waals surface area contributed by atoms with Crippen molar-refractivity contribution < 1.29 is 103 Å². The number of nitro benzene ring substituents is 1. The molecule has 11 unspecified atom stereocenters. The minimum absolute atomic E-state index is 0.0162. The fourth-order valence-electron chi connectivity index (χ4n) is 9.59. The summed E-state index contributed by atoms with van der Waals surface area (Å²) >= 11 is 5.41. The number of hydrogen-bond donors (Lipinski definition) is 19. The van der Waals surface area contributed by atoms with Crippen molar-refractivity contribution >= 4 is 119 Å². The average Bonchev–Trinajstić information content (AvgIpc) is 1.13. The Morgan fingerprint density at radius 2 is 1.16 bits per heavy atom. The molecule has 20 N–H and O–H groups in total. The SMILES string of the molecule is CC[C@H](C)C(NC(=O)C(CC(=O)O)NC(=O)C(CC(=O)O)NC(=O)c1ccccc1N)C(=O)NC(C(=O)N1CCC[C@H]1C(=O)NC(CS)C(=O)NC(CO)C(=O)NC(CCSC)C(=O)NC(CO)C(=O)NC(Cc1ccc(O)c([N+](=O)[O-])c1)C(=O)NC(C(N)=O)C(C)O)C(C)C. The van der Waals surface area contributed by atoms with E-state index in [-0.39, 0.29) is 54.8 Å². The average molecular weight is 1390 g/mol. The second kappa shape index (κ2) is 38.8. The van der Waals surface area contributed by atoms with Crippen molar-refractivity contribution in [2.75, 3.05) is 43.3 Å². The minimum atomic E-state index is -1.95. The molecule has 1 saturated heterocycles. The van der Waals surface area contributed by atoms with E-state index in [1.165, 1.54) is 42.1 Å². The van der Waals surface area contributed by atoms with E-state index in [4.69, 9.17) is 11.5 Å². The number of carbonyl (C=O) groups is 14. The zero-order chi connectivity index (χ0) is 72.4. The lowest BCUT2D eigenvalue weighted by molar-refractivity contribution is -0.385. The van der Waals surface area contributed by atoms with E-state index < -0.39 is 222 Å². The van der Waals surface area contributed by atoms with Gasteiger partial charge in [0.05, 0.1) is 42.6 Å². The highest BCUT2D eigenvalue weighted by Crippen LogP contribution is 2.27. The summed E-state index contributed by atoms with van der Waals surface area (Å²) < 4.78 is 0. The first-order valence-corrected chi connectivity index (χ1v) is 32.1. The van der Waals surface area contributed by atoms with Crippen LogP contribution < -0.4 is 64.6 Å². The summed E-state index contributed by atoms with van der Waals surface area (Å²) in [5.74, 6) is -18.6. The number of aliphatic carboxylic acids is 2. The van der Waals surface area contributed by atoms with Crippen molar-refractivity contribution in [2.45, 2.75) is 152 Å². The van der Waals surface area contributed by atoms with Crippen LogP contribution in [0.25, 0.3) is 0 Å². The van der Waals surface area contributed by atoms with E-state index in [1.54, 1.807) is 34.0 Å². The number of aliphatic hydroxyl groups is 3. The number of hydrogen-bond acceptors (Lipinski definition) is 23. The Morgan fingerprint density at radius 3 is 1.67 bits per heavy atom. The van der Waals surface area contributed by atoms with Crippen molar-refractivity contribution in [1.82, 2.24) is 58.1 Å². The summed E-state index contributed by atoms with van der Waals surface area (Å²) in [5.41, 5.74) is 10.3. The largest absolute Gasteiger partial charge is 0.502 e. The van der Waals surface area contributed by atoms with Gasteiger partial charge in [0.2, 0.25) is 65.0 Å². The van der Waals surface area contributed by atoms with Gasteiger partial charge in [0.1, 0.15) is 66.5 Å². The zero-order valence-corrected chi connectivity index (χ0v) is 54.9. The van der Waals surface area contributed by atoms with Gasteiger partial charge in [0.25, 0.3) is 5.91 Å². The van der Waals surface area contributed by atoms with Crippen LogP contribution in [0.5, 0.6) is 5.75 Å². The maximum atomic E-state index is 14.5. The second-order valence-electron chi connectivity index (χ2n) is 22.7. The van der Waals surface area contributed by atoms with Gasteiger partial charge in [0.15, 0.2) is 5.75 Å². The molecule has 13 atom stereocenters. The standard InChI is InChI=1S/C58H84N14O22S2/c1-7-27(4)45(69-52(86)35(22-43(79)80)64-50(84)34(21-42(77)78)62-48(82)30-11-8-9-12-31(30)59)57(91)68-44(26(2)3)58(92)71-17-10-13-39(71)56(90)67-38(25-95)55(89)66-36(23-73)53(87)61-32(16-18-96-6)49(83)65-37(24-74)54(88)63-33(51(85)70-46(28(5)75)47(60)81)19-29-14-15-41(76)40(20-29)72(93)94/h8-9,11-12,14-15,20,26-28,32-39,44-46,73-76,95H,7,10,13,16-19,21-25,59H2,1-6H3,(H2,60,81)(H,61,87)(H,62,82)(H,63,88)(H,64,84)(H,65,83)(H,66,89)(H,67,90)(H,68,91)(H,69,86)(H,70,85)(H,77,78)(H,79,80)/t27-,28?,32?,33?,34?,35?,36?,37?,38?,39-,44?,45?,46?/m0/s1. The molecule has 0 bridgehead atoms. The molecular weight excluding hydrogens is 1310 g/mol. The molecule has 0 radical (unpaired) electrons. The number of thioether (sulfide) groups is 1. The number of carboxylic acid groups (broad SMARTS) is 2. The Balaban J connectivity index is 1.77. The third kappa shape index (κ3) is 24.1. The van der Waals surface area contributed by atoms with Gasteiger partial charge >= 0.3 is 17.6 Å². The lowest BCUT2D eigenvalue weighted by Crippen LogP contribution is -2.62. The fraction of sp³-hybridized carbons (Fsp3) is 0.552. The van der Waals surface area contributed by atoms with Crippen LogP contribution >= 0.6 is 24.4 Å². The number of rotatable bonds is 39. The molecule has 2 aromatic rings. The topological polar surface area (TPSA) is 579 Å². The number of nitrogens with zero attached hydrogens (tertiary/aromatic N) is 2. The first-order chi connectivity index (χ1) is 45.1. The number of phenols is 1. The van der Waals surface area contributed by atoms with Crippen molar-refractivity contribution in [3.05, 3.63) is 63.7 Å². The number of primary amides is 1. The number of nitrogens with two attached hydrogens (primary N) is 2. The van der Waals surface area contributed by atoms with Crippen LogP contribution in [-0.4, -0.2) is 233 Å². The smallest absolute Gasteiger partial charge is 0.310 e. The number of para-hydroxylation sites is 1. The highest BCUT2D eigenvalue weighted by Gasteiger charge is 2.42. The van der Waals surface area contributed by atoms with Gasteiger partial charge in [0, 0.05) is 30.5 Å². The molecule has 1 aliphatic heterocycles. The van der Waals surface area contributed by atoms with Gasteiger partial charge in [-0.25, -0.2) is 0 Å². The van der Waals surface area contributed by atoms with Gasteiger partial charge in [-0.15, -0.1) is 0 Å². The van der Waals surface area contributed by atoms with Gasteiger partial charge in [-0.2, -0.15) is 24.4 Å². The normalized spacial score (nSPS) is 16.4. The Hall–Kier alpha value is -9.40. The number of phenolic OH excluding ortho intramolecular Hbond substituents is 1. The van der Waals surface area contributed by atoms with Gasteiger partial charge in [-0.1, -0.05) is 52.3 Å². The maximum absolute atomic E-state index is 14.5. The predicted molar refractivity (Wildman–Crippen MR) is 343 cm³/mol. The summed E-state index contributed by atoms with van der Waals surface area (Å²) in [7, 11) is 0. The number of amides is 12. The lowest BCUT2D eigenvalue weighted by atomic mass is 9.95. The summed E-state index contributed by atoms with van der Waals surface area (Å²) in [6.07, 6.45) is -2.24. The number of nitrogens with one attached hydrogen (secondary N) is 10. The second-order valence-corrected chi connectivity index (χ2v) is 24.1. The Labute approximate surface area is 559 Å². The van der Waals surface area contributed by atoms with Crippen molar-refractivity contribution in [3.8, 4) is 5.75 Å².